The zero-order valence-corrected chi connectivity index (χ0v) is 66.6. The Hall–Kier alpha value is -4.49. The molecule has 1 aromatic rings. The van der Waals surface area contributed by atoms with Gasteiger partial charge in [-0.1, -0.05) is 65.8 Å². The molecule has 29 heteroatoms. The summed E-state index contributed by atoms with van der Waals surface area (Å²) in [6.07, 6.45) is -18.4. The van der Waals surface area contributed by atoms with Crippen molar-refractivity contribution in [2.24, 2.45) is 35.5 Å². The van der Waals surface area contributed by atoms with Gasteiger partial charge in [-0.05, 0) is 174 Å². The molecule has 0 spiro atoms. The molecule has 111 heavy (non-hydrogen) atoms. The molecule has 15 N–H and O–H groups in total. The fraction of sp³-hybridized carbons (Fsp3) is 0.793. The first-order chi connectivity index (χ1) is 52.1. The van der Waals surface area contributed by atoms with E-state index in [1.165, 1.54) is 25.2 Å². The molecule has 5 aliphatic heterocycles. The smallest absolute Gasteiger partial charge is 0.330 e. The number of ketones is 3. The van der Waals surface area contributed by atoms with Crippen LogP contribution in [0.5, 0.6) is 0 Å². The van der Waals surface area contributed by atoms with E-state index in [0.717, 1.165) is 6.08 Å². The van der Waals surface area contributed by atoms with Crippen LogP contribution in [0, 0.1) is 35.5 Å². The predicted octanol–water partition coefficient (Wildman–Crippen LogP) is 4.76. The molecule has 0 radical (unpaired) electrons. The number of hydrogen-bond donors (Lipinski definition) is 15. The molecular formula is C82H130O29. The summed E-state index contributed by atoms with van der Waals surface area (Å²) in [4.78, 5) is 67.6. The van der Waals surface area contributed by atoms with Crippen LogP contribution in [0.1, 0.15) is 244 Å². The van der Waals surface area contributed by atoms with Crippen molar-refractivity contribution >= 4 is 29.3 Å². The van der Waals surface area contributed by atoms with Crippen molar-refractivity contribution in [3.63, 3.8) is 0 Å². The maximum absolute atomic E-state index is 14.2. The van der Waals surface area contributed by atoms with E-state index in [9.17, 15) is 101 Å². The first kappa shape index (κ1) is 93.7. The third-order valence-electron chi connectivity index (χ3n) is 23.5. The SMILES string of the molecule is CC[C@@H](O[C@@H]1C[C@](C)(O)[C@@H](O[C@@H]2CC[C@@H](OC(=O)[C@H](C)[C@H](O[C@@H]3CC[C@@H](O)[C@@H](C)O3)c3ccc4c(c3)C(=O)C=C(C)C4=O)[C@@H](C)O2)[C@@H](C)O1)[C@@H](C)[C@H](O)[C@H](C)[C@H](O)[C@@H](C)[C@@H]1OC(=O)C=CCC(O)CC(O)CCCC(O)CCC(C)[C@H](O)C(=O)[C@@]2(O)O[C@@H](C[C@@H](O)C[C@H](O)C[C@H](O)CCCC(O)C=C[C@H]1C)C[C@@H](O)[C@@H]2O. The Bertz CT molecular complexity index is 3220. The first-order valence-corrected chi connectivity index (χ1v) is 40.2. The Labute approximate surface area is 652 Å². The molecule has 0 amide bonds. The lowest BCUT2D eigenvalue weighted by Crippen LogP contribution is -2.65. The van der Waals surface area contributed by atoms with Crippen LogP contribution in [0.25, 0.3) is 0 Å². The van der Waals surface area contributed by atoms with Crippen LogP contribution in [0.4, 0.5) is 0 Å². The average Bonchev–Trinajstić information content (AvgIpc) is 0.783. The monoisotopic (exact) mass is 1580 g/mol. The Morgan fingerprint density at radius 1 is 0.631 bits per heavy atom. The number of cyclic esters (lactones) is 1. The van der Waals surface area contributed by atoms with Gasteiger partial charge >= 0.3 is 11.9 Å². The minimum absolute atomic E-state index is 0.0589. The van der Waals surface area contributed by atoms with Crippen LogP contribution in [0.3, 0.4) is 0 Å². The summed E-state index contributed by atoms with van der Waals surface area (Å²) in [5.74, 6) is -11.4. The molecule has 4 saturated heterocycles. The lowest BCUT2D eigenvalue weighted by molar-refractivity contribution is -0.330. The van der Waals surface area contributed by atoms with Gasteiger partial charge in [0.2, 0.25) is 5.78 Å². The normalized spacial score (nSPS) is 39.4. The molecule has 0 saturated carbocycles. The minimum Gasteiger partial charge on any atom is -0.459 e. The Kier molecular flexibility index (Phi) is 35.9. The van der Waals surface area contributed by atoms with Gasteiger partial charge in [-0.25, -0.2) is 4.79 Å². The topological polar surface area (TPSA) is 472 Å². The van der Waals surface area contributed by atoms with Gasteiger partial charge in [0.15, 0.2) is 30.4 Å². The van der Waals surface area contributed by atoms with Crippen molar-refractivity contribution in [2.75, 3.05) is 0 Å². The van der Waals surface area contributed by atoms with E-state index in [1.807, 2.05) is 6.92 Å². The number of fused-ring (bicyclic) bond motifs is 3. The summed E-state index contributed by atoms with van der Waals surface area (Å²) in [5, 5.41) is 167. The third-order valence-corrected chi connectivity index (χ3v) is 23.5. The second-order valence-electron chi connectivity index (χ2n) is 33.1. The minimum atomic E-state index is -3.06. The highest BCUT2D eigenvalue weighted by atomic mass is 16.7. The molecule has 2 bridgehead atoms. The van der Waals surface area contributed by atoms with Gasteiger partial charge in [0.1, 0.15) is 30.5 Å². The number of esters is 2. The van der Waals surface area contributed by atoms with Crippen LogP contribution in [-0.2, 0) is 57.0 Å². The standard InChI is InChI=1S/C82H130O29/c1-13-65(106-70-40-81(12,101)79(50(11)105-70)110-69-32-30-66(49(10)104-69)107-80(100)47(8)76(109-68-31-29-62(90)48(9)103-68)51-25-28-60-61(34-51)63(91)33-43(4)71(60)94)44(5)73(96)45(6)74(97)46(7)75-42(3)24-27-53(84)18-15-20-56(87)36-57(88)37-58(89)38-59-39-64(92)77(98)82(102,111-59)78(99)72(95)41(2)23-26-52(83)17-14-19-54(85)35-55(86)21-16-22-67(93)108-75/h16,22,24-25,27-28,33-34,41-42,44-50,52-59,62,64-66,68-70,72-77,79,83-90,92,95-98,101-102H,13-15,17-21,23,26,29-32,35-40H2,1-12H3/t41?,42-,44-,45+,46-,47-,48-,49-,50-,52?,53?,54?,55?,56-,57-,58+,59+,62-,64-,65-,66-,68-,69-,70-,72+,73+,74+,75-,76+,77+,79+,81+,82+/m1/s1. The summed E-state index contributed by atoms with van der Waals surface area (Å²) >= 11 is 0. The van der Waals surface area contributed by atoms with Gasteiger partial charge in [-0.2, -0.15) is 0 Å². The number of aliphatic hydroxyl groups is 15. The molecule has 632 valence electrons. The number of carbonyl (C=O) groups excluding carboxylic acids is 5. The second-order valence-corrected chi connectivity index (χ2v) is 33.1. The van der Waals surface area contributed by atoms with E-state index < -0.39 is 218 Å². The lowest BCUT2D eigenvalue weighted by Gasteiger charge is -2.47. The molecule has 0 aromatic heterocycles. The molecule has 7 rings (SSSR count). The summed E-state index contributed by atoms with van der Waals surface area (Å²) < 4.78 is 56.0. The predicted molar refractivity (Wildman–Crippen MR) is 400 cm³/mol. The van der Waals surface area contributed by atoms with E-state index in [-0.39, 0.29) is 119 Å². The third kappa shape index (κ3) is 26.0. The molecule has 1 aliphatic carbocycles. The van der Waals surface area contributed by atoms with E-state index in [0.29, 0.717) is 43.2 Å². The number of carbonyl (C=O) groups is 5. The summed E-state index contributed by atoms with van der Waals surface area (Å²) in [6.45, 7) is 20.2. The van der Waals surface area contributed by atoms with E-state index in [1.54, 1.807) is 93.5 Å². The molecule has 1 aromatic carbocycles. The largest absolute Gasteiger partial charge is 0.459 e. The van der Waals surface area contributed by atoms with Crippen molar-refractivity contribution < 1.29 is 143 Å². The molecule has 5 heterocycles. The highest BCUT2D eigenvalue weighted by Gasteiger charge is 2.56. The highest BCUT2D eigenvalue weighted by Crippen LogP contribution is 2.41. The highest BCUT2D eigenvalue weighted by molar-refractivity contribution is 6.24. The molecule has 33 atom stereocenters. The fourth-order valence-corrected chi connectivity index (χ4v) is 16.4. The van der Waals surface area contributed by atoms with Crippen LogP contribution < -0.4 is 0 Å². The Morgan fingerprint density at radius 3 is 1.91 bits per heavy atom. The summed E-state index contributed by atoms with van der Waals surface area (Å²) in [6, 6.07) is 4.76. The van der Waals surface area contributed by atoms with E-state index >= 15 is 0 Å². The summed E-state index contributed by atoms with van der Waals surface area (Å²) in [5.41, 5.74) is -0.351. The van der Waals surface area contributed by atoms with Crippen LogP contribution in [0.2, 0.25) is 0 Å². The number of benzene rings is 1. The number of aliphatic hydroxyl groups excluding tert-OH is 13. The van der Waals surface area contributed by atoms with Crippen molar-refractivity contribution in [2.45, 2.75) is 376 Å². The van der Waals surface area contributed by atoms with E-state index in [2.05, 4.69) is 0 Å². The van der Waals surface area contributed by atoms with Crippen molar-refractivity contribution in [1.82, 2.24) is 0 Å². The lowest BCUT2D eigenvalue weighted by atomic mass is 9.78. The van der Waals surface area contributed by atoms with Crippen LogP contribution in [-0.4, -0.2) is 264 Å². The molecule has 6 aliphatic rings. The maximum atomic E-state index is 14.2. The zero-order valence-electron chi connectivity index (χ0n) is 66.6. The number of hydrogen-bond acceptors (Lipinski definition) is 29. The zero-order chi connectivity index (χ0) is 82.3. The van der Waals surface area contributed by atoms with Crippen molar-refractivity contribution in [1.29, 1.82) is 0 Å². The van der Waals surface area contributed by atoms with Gasteiger partial charge in [-0.15, -0.1) is 0 Å². The quantitative estimate of drug-likeness (QED) is 0.0738. The molecule has 5 unspecified atom stereocenters. The average molecular weight is 1580 g/mol. The van der Waals surface area contributed by atoms with Crippen molar-refractivity contribution in [3.05, 3.63) is 70.8 Å². The second kappa shape index (κ2) is 42.6. The Balaban J connectivity index is 0.945. The van der Waals surface area contributed by atoms with Crippen LogP contribution in [0.15, 0.2) is 54.2 Å². The molecular weight excluding hydrogens is 1450 g/mol. The van der Waals surface area contributed by atoms with Gasteiger partial charge in [0.05, 0.1) is 115 Å². The van der Waals surface area contributed by atoms with Gasteiger partial charge in [-0.3, -0.25) is 19.2 Å². The number of allylic oxidation sites excluding steroid dienone is 2. The fourth-order valence-electron chi connectivity index (χ4n) is 16.4. The Morgan fingerprint density at radius 2 is 1.25 bits per heavy atom. The van der Waals surface area contributed by atoms with Crippen LogP contribution >= 0.6 is 0 Å². The number of ether oxygens (including phenoxy) is 9. The van der Waals surface area contributed by atoms with Gasteiger partial charge in [0.25, 0.3) is 5.79 Å². The number of Topliss-reactive ketones (excluding diaryl/α,β-unsaturated/α-hetero) is 2. The van der Waals surface area contributed by atoms with Gasteiger partial charge < -0.3 is 119 Å². The summed E-state index contributed by atoms with van der Waals surface area (Å²) in [7, 11) is 0. The number of rotatable bonds is 17. The molecule has 4 fully saturated rings. The first-order valence-electron chi connectivity index (χ1n) is 40.2. The van der Waals surface area contributed by atoms with Gasteiger partial charge in [0, 0.05) is 72.1 Å². The van der Waals surface area contributed by atoms with E-state index in [4.69, 9.17) is 42.6 Å². The molecule has 29 nitrogen and oxygen atoms in total. The van der Waals surface area contributed by atoms with Crippen molar-refractivity contribution in [3.8, 4) is 0 Å². The maximum Gasteiger partial charge on any atom is 0.330 e.